The van der Waals surface area contributed by atoms with Crippen LogP contribution in [0.5, 0.6) is 0 Å². The molecule has 0 aliphatic heterocycles. The maximum absolute atomic E-state index is 12.7. The number of rotatable bonds is 6. The molecule has 0 saturated heterocycles. The van der Waals surface area contributed by atoms with Crippen molar-refractivity contribution >= 4 is 44.7 Å². The van der Waals surface area contributed by atoms with Crippen LogP contribution in [0.15, 0.2) is 35.1 Å². The topological polar surface area (TPSA) is 69.3 Å². The summed E-state index contributed by atoms with van der Waals surface area (Å²) in [6.07, 6.45) is 0. The lowest BCUT2D eigenvalue weighted by Gasteiger charge is -2.24. The standard InChI is InChI=1S/C19H21ClN4O2S/c1-4-24(11-17(25)23(3)15-8-6-5-7-13(15)20)10-16-21-14-9-12(2)27-18(14)19(26)22-16/h5-9H,4,10-11H2,1-3H3,(H,21,22,26). The Morgan fingerprint density at radius 1 is 1.33 bits per heavy atom. The number of nitrogens with one attached hydrogen (secondary N) is 1. The molecule has 8 heteroatoms. The number of amides is 1. The molecule has 0 unspecified atom stereocenters. The summed E-state index contributed by atoms with van der Waals surface area (Å²) < 4.78 is 0.633. The predicted molar refractivity (Wildman–Crippen MR) is 111 cm³/mol. The predicted octanol–water partition coefficient (Wildman–Crippen LogP) is 3.43. The van der Waals surface area contributed by atoms with Gasteiger partial charge in [-0.25, -0.2) is 4.98 Å². The highest BCUT2D eigenvalue weighted by atomic mass is 35.5. The van der Waals surface area contributed by atoms with Crippen molar-refractivity contribution in [3.05, 3.63) is 56.4 Å². The number of anilines is 1. The molecule has 0 fully saturated rings. The van der Waals surface area contributed by atoms with Crippen LogP contribution in [0.4, 0.5) is 5.69 Å². The highest BCUT2D eigenvalue weighted by molar-refractivity contribution is 7.18. The molecule has 2 aromatic heterocycles. The first kappa shape index (κ1) is 19.5. The number of carbonyl (C=O) groups is 1. The lowest BCUT2D eigenvalue weighted by atomic mass is 10.3. The Labute approximate surface area is 166 Å². The van der Waals surface area contributed by atoms with Crippen molar-refractivity contribution in [3.8, 4) is 0 Å². The van der Waals surface area contributed by atoms with Gasteiger partial charge in [0.05, 0.1) is 29.3 Å². The molecule has 3 aromatic rings. The number of aromatic amines is 1. The third kappa shape index (κ3) is 4.37. The lowest BCUT2D eigenvalue weighted by Crippen LogP contribution is -2.38. The van der Waals surface area contributed by atoms with Crippen molar-refractivity contribution in [2.45, 2.75) is 20.4 Å². The van der Waals surface area contributed by atoms with Gasteiger partial charge in [0.25, 0.3) is 5.56 Å². The van der Waals surface area contributed by atoms with Crippen LogP contribution in [0.2, 0.25) is 5.02 Å². The minimum absolute atomic E-state index is 0.0836. The summed E-state index contributed by atoms with van der Waals surface area (Å²) in [6, 6.07) is 9.14. The fourth-order valence-electron chi connectivity index (χ4n) is 2.83. The smallest absolute Gasteiger partial charge is 0.268 e. The van der Waals surface area contributed by atoms with E-state index in [2.05, 4.69) is 9.97 Å². The van der Waals surface area contributed by atoms with E-state index in [1.165, 1.54) is 11.3 Å². The van der Waals surface area contributed by atoms with E-state index in [0.29, 0.717) is 39.8 Å². The molecular formula is C19H21ClN4O2S. The van der Waals surface area contributed by atoms with Gasteiger partial charge < -0.3 is 9.88 Å². The van der Waals surface area contributed by atoms with Crippen molar-refractivity contribution in [1.82, 2.24) is 14.9 Å². The highest BCUT2D eigenvalue weighted by Crippen LogP contribution is 2.24. The molecule has 2 heterocycles. The Morgan fingerprint density at radius 2 is 2.07 bits per heavy atom. The maximum Gasteiger partial charge on any atom is 0.268 e. The number of likely N-dealkylation sites (N-methyl/N-ethyl adjacent to an activating group) is 2. The second-order valence-electron chi connectivity index (χ2n) is 6.29. The van der Waals surface area contributed by atoms with Crippen LogP contribution < -0.4 is 10.5 Å². The van der Waals surface area contributed by atoms with Gasteiger partial charge in [0.1, 0.15) is 10.5 Å². The molecule has 0 radical (unpaired) electrons. The lowest BCUT2D eigenvalue weighted by molar-refractivity contribution is -0.119. The number of hydrogen-bond acceptors (Lipinski definition) is 5. The summed E-state index contributed by atoms with van der Waals surface area (Å²) in [5.74, 6) is 0.472. The van der Waals surface area contributed by atoms with Crippen LogP contribution in [-0.4, -0.2) is 40.9 Å². The largest absolute Gasteiger partial charge is 0.313 e. The number of nitrogens with zero attached hydrogens (tertiary/aromatic N) is 3. The Morgan fingerprint density at radius 3 is 2.78 bits per heavy atom. The molecule has 0 saturated carbocycles. The number of carbonyl (C=O) groups excluding carboxylic acids is 1. The Balaban J connectivity index is 1.75. The van der Waals surface area contributed by atoms with E-state index in [-0.39, 0.29) is 18.0 Å². The van der Waals surface area contributed by atoms with Crippen molar-refractivity contribution in [1.29, 1.82) is 0 Å². The van der Waals surface area contributed by atoms with Gasteiger partial charge in [0, 0.05) is 11.9 Å². The fraction of sp³-hybridized carbons (Fsp3) is 0.316. The second kappa shape index (κ2) is 8.21. The maximum atomic E-state index is 12.7. The van der Waals surface area contributed by atoms with E-state index >= 15 is 0 Å². The average molecular weight is 405 g/mol. The van der Waals surface area contributed by atoms with Crippen LogP contribution in [-0.2, 0) is 11.3 Å². The Bertz CT molecular complexity index is 1030. The van der Waals surface area contributed by atoms with Crippen LogP contribution in [0.25, 0.3) is 10.2 Å². The number of para-hydroxylation sites is 1. The molecule has 1 aromatic carbocycles. The summed E-state index contributed by atoms with van der Waals surface area (Å²) in [7, 11) is 1.71. The summed E-state index contributed by atoms with van der Waals surface area (Å²) >= 11 is 7.61. The van der Waals surface area contributed by atoms with Crippen molar-refractivity contribution in [2.75, 3.05) is 25.0 Å². The van der Waals surface area contributed by atoms with Crippen LogP contribution in [0.3, 0.4) is 0 Å². The number of thiophene rings is 1. The summed E-state index contributed by atoms with van der Waals surface area (Å²) in [4.78, 5) is 36.8. The van der Waals surface area contributed by atoms with Gasteiger partial charge in [-0.1, -0.05) is 30.7 Å². The van der Waals surface area contributed by atoms with Gasteiger partial charge in [0.2, 0.25) is 5.91 Å². The van der Waals surface area contributed by atoms with E-state index in [4.69, 9.17) is 11.6 Å². The SMILES string of the molecule is CCN(CC(=O)N(C)c1ccccc1Cl)Cc1nc2cc(C)sc2c(=O)[nH]1. The first-order chi connectivity index (χ1) is 12.9. The third-order valence-corrected chi connectivity index (χ3v) is 5.68. The molecule has 27 heavy (non-hydrogen) atoms. The average Bonchev–Trinajstić information content (AvgIpc) is 3.01. The number of benzene rings is 1. The Hall–Kier alpha value is -2.22. The Kier molecular flexibility index (Phi) is 5.94. The zero-order chi connectivity index (χ0) is 19.6. The van der Waals surface area contributed by atoms with E-state index in [1.54, 1.807) is 18.0 Å². The quantitative estimate of drug-likeness (QED) is 0.683. The second-order valence-corrected chi connectivity index (χ2v) is 7.96. The highest BCUT2D eigenvalue weighted by Gasteiger charge is 2.18. The van der Waals surface area contributed by atoms with Crippen molar-refractivity contribution < 1.29 is 4.79 Å². The molecule has 1 N–H and O–H groups in total. The van der Waals surface area contributed by atoms with E-state index in [0.717, 1.165) is 4.88 Å². The molecule has 3 rings (SSSR count). The molecule has 1 amide bonds. The zero-order valence-electron chi connectivity index (χ0n) is 15.5. The molecule has 0 bridgehead atoms. The van der Waals surface area contributed by atoms with Gasteiger partial charge in [-0.05, 0) is 31.7 Å². The third-order valence-electron chi connectivity index (χ3n) is 4.32. The van der Waals surface area contributed by atoms with Crippen LogP contribution in [0.1, 0.15) is 17.6 Å². The summed E-state index contributed by atoms with van der Waals surface area (Å²) in [5, 5.41) is 0.528. The minimum Gasteiger partial charge on any atom is -0.313 e. The van der Waals surface area contributed by atoms with Gasteiger partial charge in [0.15, 0.2) is 0 Å². The van der Waals surface area contributed by atoms with Gasteiger partial charge in [-0.3, -0.25) is 14.5 Å². The molecule has 0 spiro atoms. The number of fused-ring (bicyclic) bond motifs is 1. The summed E-state index contributed by atoms with van der Waals surface area (Å²) in [5.41, 5.74) is 1.23. The number of aryl methyl sites for hydroxylation is 1. The molecular weight excluding hydrogens is 384 g/mol. The number of hydrogen-bond donors (Lipinski definition) is 1. The number of aromatic nitrogens is 2. The molecule has 6 nitrogen and oxygen atoms in total. The van der Waals surface area contributed by atoms with Gasteiger partial charge >= 0.3 is 0 Å². The van der Waals surface area contributed by atoms with Crippen molar-refractivity contribution in [2.24, 2.45) is 0 Å². The normalized spacial score (nSPS) is 11.3. The van der Waals surface area contributed by atoms with Gasteiger partial charge in [-0.15, -0.1) is 11.3 Å². The molecule has 0 atom stereocenters. The fourth-order valence-corrected chi connectivity index (χ4v) is 3.94. The van der Waals surface area contributed by atoms with Crippen LogP contribution >= 0.6 is 22.9 Å². The van der Waals surface area contributed by atoms with E-state index in [1.807, 2.05) is 43.0 Å². The molecule has 142 valence electrons. The van der Waals surface area contributed by atoms with Crippen molar-refractivity contribution in [3.63, 3.8) is 0 Å². The minimum atomic E-state index is -0.135. The zero-order valence-corrected chi connectivity index (χ0v) is 17.0. The van der Waals surface area contributed by atoms with E-state index in [9.17, 15) is 9.59 Å². The molecule has 0 aliphatic carbocycles. The van der Waals surface area contributed by atoms with E-state index < -0.39 is 0 Å². The summed E-state index contributed by atoms with van der Waals surface area (Å²) in [6.45, 7) is 5.15. The molecule has 0 aliphatic rings. The first-order valence-electron chi connectivity index (χ1n) is 8.61. The number of H-pyrrole nitrogens is 1. The van der Waals surface area contributed by atoms with Crippen LogP contribution in [0, 0.1) is 6.92 Å². The first-order valence-corrected chi connectivity index (χ1v) is 9.81. The van der Waals surface area contributed by atoms with Gasteiger partial charge in [-0.2, -0.15) is 0 Å². The monoisotopic (exact) mass is 404 g/mol. The number of halogens is 1.